The summed E-state index contributed by atoms with van der Waals surface area (Å²) in [5, 5.41) is 10.2. The predicted molar refractivity (Wildman–Crippen MR) is 108 cm³/mol. The number of carbonyl (C=O) groups is 2. The normalized spacial score (nSPS) is 16.3. The summed E-state index contributed by atoms with van der Waals surface area (Å²) in [4.78, 5) is 28.3. The lowest BCUT2D eigenvalue weighted by Crippen LogP contribution is -2.52. The second-order valence-electron chi connectivity index (χ2n) is 6.99. The van der Waals surface area contributed by atoms with Crippen molar-refractivity contribution in [1.82, 2.24) is 0 Å². The number of halogens is 1. The molecule has 6 heteroatoms. The van der Waals surface area contributed by atoms with Crippen molar-refractivity contribution in [2.24, 2.45) is 0 Å². The van der Waals surface area contributed by atoms with Crippen LogP contribution in [0.4, 0.5) is 16.2 Å². The van der Waals surface area contributed by atoms with Crippen molar-refractivity contribution < 1.29 is 14.7 Å². The Bertz CT molecular complexity index is 926. The third-order valence-electron chi connectivity index (χ3n) is 5.24. The molecule has 1 N–H and O–H groups in total. The number of hydrogen-bond donors (Lipinski definition) is 1. The number of fused-ring (bicyclic) bond motifs is 1. The van der Waals surface area contributed by atoms with Gasteiger partial charge in [-0.05, 0) is 62.1 Å². The third kappa shape index (κ3) is 3.28. The number of nitrogens with zero attached hydrogens (tertiary/aromatic N) is 2. The summed E-state index contributed by atoms with van der Waals surface area (Å²) >= 11 is 6.39. The van der Waals surface area contributed by atoms with Crippen LogP contribution in [0.3, 0.4) is 0 Å². The average Bonchev–Trinajstić information content (AvgIpc) is 2.63. The smallest absolute Gasteiger partial charge is 0.412 e. The highest BCUT2D eigenvalue weighted by Gasteiger charge is 2.37. The van der Waals surface area contributed by atoms with E-state index in [0.29, 0.717) is 34.9 Å². The fraction of sp³-hybridized carbons (Fsp3) is 0.333. The maximum atomic E-state index is 13.3. The van der Waals surface area contributed by atoms with Crippen molar-refractivity contribution in [3.8, 4) is 0 Å². The zero-order chi connectivity index (χ0) is 19.9. The number of anilines is 2. The van der Waals surface area contributed by atoms with E-state index >= 15 is 0 Å². The monoisotopic (exact) mass is 386 g/mol. The Morgan fingerprint density at radius 3 is 2.33 bits per heavy atom. The highest BCUT2D eigenvalue weighted by atomic mass is 35.5. The molecule has 2 amide bonds. The first-order valence-electron chi connectivity index (χ1n) is 8.96. The van der Waals surface area contributed by atoms with E-state index in [1.807, 2.05) is 45.9 Å². The van der Waals surface area contributed by atoms with Gasteiger partial charge in [0.15, 0.2) is 0 Å². The van der Waals surface area contributed by atoms with Gasteiger partial charge in [0.1, 0.15) is 0 Å². The highest BCUT2D eigenvalue weighted by Crippen LogP contribution is 2.39. The zero-order valence-electron chi connectivity index (χ0n) is 15.9. The molecule has 0 aromatic heterocycles. The highest BCUT2D eigenvalue weighted by molar-refractivity contribution is 6.35. The van der Waals surface area contributed by atoms with Gasteiger partial charge in [-0.2, -0.15) is 0 Å². The first-order valence-corrected chi connectivity index (χ1v) is 9.34. The summed E-state index contributed by atoms with van der Waals surface area (Å²) in [6, 6.07) is 8.79. The fourth-order valence-corrected chi connectivity index (χ4v) is 3.71. The van der Waals surface area contributed by atoms with E-state index < -0.39 is 6.09 Å². The Morgan fingerprint density at radius 2 is 1.74 bits per heavy atom. The van der Waals surface area contributed by atoms with Crippen LogP contribution in [-0.2, 0) is 0 Å². The van der Waals surface area contributed by atoms with Crippen LogP contribution in [0.5, 0.6) is 0 Å². The average molecular weight is 387 g/mol. The summed E-state index contributed by atoms with van der Waals surface area (Å²) in [6.45, 7) is 7.97. The quantitative estimate of drug-likeness (QED) is 0.772. The Labute approximate surface area is 164 Å². The molecule has 0 radical (unpaired) electrons. The fourth-order valence-electron chi connectivity index (χ4n) is 3.50. The Kier molecular flexibility index (Phi) is 5.16. The van der Waals surface area contributed by atoms with Crippen molar-refractivity contribution in [3.63, 3.8) is 0 Å². The molecular weight excluding hydrogens is 364 g/mol. The van der Waals surface area contributed by atoms with Gasteiger partial charge in [0.05, 0.1) is 28.0 Å². The van der Waals surface area contributed by atoms with Gasteiger partial charge < -0.3 is 10.0 Å². The largest absolute Gasteiger partial charge is 0.465 e. The van der Waals surface area contributed by atoms with Gasteiger partial charge in [-0.1, -0.05) is 30.7 Å². The molecule has 1 unspecified atom stereocenters. The summed E-state index contributed by atoms with van der Waals surface area (Å²) in [5.74, 6) is -0.211. The number of benzene rings is 2. The second-order valence-corrected chi connectivity index (χ2v) is 7.37. The Balaban J connectivity index is 2.18. The molecule has 0 saturated carbocycles. The molecule has 5 nitrogen and oxygen atoms in total. The van der Waals surface area contributed by atoms with Gasteiger partial charge >= 0.3 is 6.09 Å². The molecule has 0 saturated heterocycles. The molecule has 2 aromatic rings. The Hall–Kier alpha value is -2.53. The van der Waals surface area contributed by atoms with Crippen molar-refractivity contribution in [2.45, 2.75) is 40.2 Å². The second kappa shape index (κ2) is 7.24. The summed E-state index contributed by atoms with van der Waals surface area (Å²) in [7, 11) is 0. The topological polar surface area (TPSA) is 60.9 Å². The van der Waals surface area contributed by atoms with E-state index in [1.165, 1.54) is 4.90 Å². The molecule has 1 atom stereocenters. The molecule has 1 aliphatic rings. The standard InChI is InChI=1S/C21H23ClN2O3/c1-5-15-11-23(20(25)16-8-6-7-12(2)19(16)22)17-9-13(3)14(4)10-18(17)24(15)21(26)27/h6-10,15H,5,11H2,1-4H3,(H,26,27). The van der Waals surface area contributed by atoms with Crippen molar-refractivity contribution >= 4 is 35.0 Å². The van der Waals surface area contributed by atoms with Gasteiger partial charge in [0.2, 0.25) is 0 Å². The molecule has 3 rings (SSSR count). The van der Waals surface area contributed by atoms with Crippen LogP contribution in [0.25, 0.3) is 0 Å². The molecule has 27 heavy (non-hydrogen) atoms. The summed E-state index contributed by atoms with van der Waals surface area (Å²) < 4.78 is 0. The number of hydrogen-bond acceptors (Lipinski definition) is 2. The van der Waals surface area contributed by atoms with Crippen LogP contribution in [0, 0.1) is 20.8 Å². The predicted octanol–water partition coefficient (Wildman–Crippen LogP) is 5.19. The molecule has 2 aromatic carbocycles. The minimum absolute atomic E-state index is 0.211. The number of aryl methyl sites for hydroxylation is 3. The van der Waals surface area contributed by atoms with E-state index in [0.717, 1.165) is 16.7 Å². The lowest BCUT2D eigenvalue weighted by Gasteiger charge is -2.41. The number of rotatable bonds is 2. The number of amides is 2. The molecule has 0 fully saturated rings. The van der Waals surface area contributed by atoms with Crippen molar-refractivity contribution in [1.29, 1.82) is 0 Å². The van der Waals surface area contributed by atoms with Gasteiger partial charge in [0, 0.05) is 6.54 Å². The van der Waals surface area contributed by atoms with Crippen LogP contribution < -0.4 is 9.80 Å². The molecule has 142 valence electrons. The lowest BCUT2D eigenvalue weighted by molar-refractivity contribution is 0.0982. The number of carbonyl (C=O) groups excluding carboxylic acids is 1. The molecule has 0 aliphatic carbocycles. The maximum Gasteiger partial charge on any atom is 0.412 e. The van der Waals surface area contributed by atoms with Crippen LogP contribution in [-0.4, -0.2) is 29.7 Å². The van der Waals surface area contributed by atoms with Crippen molar-refractivity contribution in [3.05, 3.63) is 57.6 Å². The molecule has 1 heterocycles. The van der Waals surface area contributed by atoms with E-state index in [4.69, 9.17) is 11.6 Å². The summed E-state index contributed by atoms with van der Waals surface area (Å²) in [5.41, 5.74) is 4.40. The van der Waals surface area contributed by atoms with Gasteiger partial charge in [0.25, 0.3) is 5.91 Å². The van der Waals surface area contributed by atoms with Gasteiger partial charge in [-0.3, -0.25) is 9.69 Å². The van der Waals surface area contributed by atoms with Crippen LogP contribution in [0.15, 0.2) is 30.3 Å². The Morgan fingerprint density at radius 1 is 1.11 bits per heavy atom. The minimum atomic E-state index is -1.01. The van der Waals surface area contributed by atoms with Crippen molar-refractivity contribution in [2.75, 3.05) is 16.3 Å². The first kappa shape index (κ1) is 19.2. The molecule has 0 bridgehead atoms. The molecular formula is C21H23ClN2O3. The van der Waals surface area contributed by atoms with Gasteiger partial charge in [-0.15, -0.1) is 0 Å². The molecule has 0 spiro atoms. The van der Waals surface area contributed by atoms with E-state index in [-0.39, 0.29) is 11.9 Å². The van der Waals surface area contributed by atoms with E-state index in [1.54, 1.807) is 17.0 Å². The lowest BCUT2D eigenvalue weighted by atomic mass is 9.99. The SMILES string of the molecule is CCC1CN(C(=O)c2cccc(C)c2Cl)c2cc(C)c(C)cc2N1C(=O)O. The zero-order valence-corrected chi connectivity index (χ0v) is 16.7. The summed E-state index contributed by atoms with van der Waals surface area (Å²) in [6.07, 6.45) is -0.406. The van der Waals surface area contributed by atoms with Crippen LogP contribution in [0.1, 0.15) is 40.4 Å². The minimum Gasteiger partial charge on any atom is -0.465 e. The third-order valence-corrected chi connectivity index (χ3v) is 5.75. The van der Waals surface area contributed by atoms with E-state index in [2.05, 4.69) is 0 Å². The van der Waals surface area contributed by atoms with Gasteiger partial charge in [-0.25, -0.2) is 4.79 Å². The van der Waals surface area contributed by atoms with E-state index in [9.17, 15) is 14.7 Å². The number of carboxylic acid groups (broad SMARTS) is 1. The van der Waals surface area contributed by atoms with Crippen LogP contribution in [0.2, 0.25) is 5.02 Å². The molecule has 1 aliphatic heterocycles. The maximum absolute atomic E-state index is 13.3. The van der Waals surface area contributed by atoms with Crippen LogP contribution >= 0.6 is 11.6 Å². The first-order chi connectivity index (χ1) is 12.8.